The maximum Gasteiger partial charge on any atom is 0.154 e. The van der Waals surface area contributed by atoms with Gasteiger partial charge in [-0.25, -0.2) is 4.68 Å². The summed E-state index contributed by atoms with van der Waals surface area (Å²) in [5.41, 5.74) is 6.83. The topological polar surface area (TPSA) is 87.4 Å². The number of aromatic nitrogens is 6. The average Bonchev–Trinajstić information content (AvgIpc) is 2.92. The molecule has 2 N–H and O–H groups in total. The smallest absolute Gasteiger partial charge is 0.154 e. The summed E-state index contributed by atoms with van der Waals surface area (Å²) in [4.78, 5) is 0. The number of nitrogens with two attached hydrogens (primary N) is 1. The van der Waals surface area contributed by atoms with Gasteiger partial charge in [0, 0.05) is 7.05 Å². The Balaban J connectivity index is 2.09. The summed E-state index contributed by atoms with van der Waals surface area (Å²) < 4.78 is 3.68. The van der Waals surface area contributed by atoms with Gasteiger partial charge in [0.05, 0.1) is 17.9 Å². The molecule has 2 rings (SSSR count). The van der Waals surface area contributed by atoms with Gasteiger partial charge in [0.25, 0.3) is 0 Å². The fraction of sp³-hybridized carbons (Fsp3) is 0.636. The fourth-order valence-electron chi connectivity index (χ4n) is 1.75. The zero-order chi connectivity index (χ0) is 13.1. The Kier molecular flexibility index (Phi) is 3.71. The van der Waals surface area contributed by atoms with Crippen molar-refractivity contribution < 1.29 is 0 Å². The molecule has 0 fully saturated rings. The predicted octanol–water partition coefficient (Wildman–Crippen LogP) is 0.563. The molecule has 0 spiro atoms. The summed E-state index contributed by atoms with van der Waals surface area (Å²) in [7, 11) is 1.94. The van der Waals surface area contributed by atoms with Crippen LogP contribution in [0.25, 0.3) is 0 Å². The summed E-state index contributed by atoms with van der Waals surface area (Å²) in [5.74, 6) is 1.74. The lowest BCUT2D eigenvalue weighted by molar-refractivity contribution is 0.601. The largest absolute Gasteiger partial charge is 0.323 e. The van der Waals surface area contributed by atoms with Crippen LogP contribution in [-0.2, 0) is 13.6 Å². The highest BCUT2D eigenvalue weighted by Crippen LogP contribution is 2.12. The third kappa shape index (κ3) is 2.56. The van der Waals surface area contributed by atoms with Gasteiger partial charge in [-0.1, -0.05) is 18.6 Å². The molecule has 0 aliphatic carbocycles. The van der Waals surface area contributed by atoms with E-state index in [1.165, 1.54) is 0 Å². The van der Waals surface area contributed by atoms with Gasteiger partial charge in [0.1, 0.15) is 12.4 Å². The number of hydrogen-bond donors (Lipinski definition) is 1. The molecule has 0 aliphatic rings. The molecular formula is C11H19N7. The minimum Gasteiger partial charge on any atom is -0.323 e. The van der Waals surface area contributed by atoms with Crippen LogP contribution in [0.2, 0.25) is 0 Å². The monoisotopic (exact) mass is 249 g/mol. The van der Waals surface area contributed by atoms with Crippen molar-refractivity contribution in [2.24, 2.45) is 12.8 Å². The van der Waals surface area contributed by atoms with E-state index in [9.17, 15) is 0 Å². The SMILES string of the molecule is CCCC(N)c1cn(Cc2nnc(C)n2C)nn1. The molecule has 0 amide bonds. The molecule has 2 aromatic rings. The van der Waals surface area contributed by atoms with Crippen molar-refractivity contribution in [1.82, 2.24) is 29.8 Å². The zero-order valence-electron chi connectivity index (χ0n) is 11.0. The first-order valence-corrected chi connectivity index (χ1v) is 6.12. The molecule has 98 valence electrons. The lowest BCUT2D eigenvalue weighted by Crippen LogP contribution is -2.10. The molecule has 0 bridgehead atoms. The van der Waals surface area contributed by atoms with Gasteiger partial charge in [-0.15, -0.1) is 15.3 Å². The van der Waals surface area contributed by atoms with Gasteiger partial charge in [0.2, 0.25) is 0 Å². The van der Waals surface area contributed by atoms with Gasteiger partial charge >= 0.3 is 0 Å². The molecule has 0 aromatic carbocycles. The van der Waals surface area contributed by atoms with E-state index in [0.29, 0.717) is 6.54 Å². The van der Waals surface area contributed by atoms with Crippen molar-refractivity contribution in [2.45, 2.75) is 39.3 Å². The first kappa shape index (κ1) is 12.7. The minimum absolute atomic E-state index is 0.0371. The van der Waals surface area contributed by atoms with E-state index >= 15 is 0 Å². The Morgan fingerprint density at radius 2 is 2.11 bits per heavy atom. The average molecular weight is 249 g/mol. The zero-order valence-corrected chi connectivity index (χ0v) is 11.0. The third-order valence-corrected chi connectivity index (χ3v) is 3.02. The van der Waals surface area contributed by atoms with Crippen molar-refractivity contribution in [3.8, 4) is 0 Å². The Hall–Kier alpha value is -1.76. The molecule has 7 heteroatoms. The quantitative estimate of drug-likeness (QED) is 0.836. The van der Waals surface area contributed by atoms with E-state index in [1.807, 2.05) is 24.7 Å². The van der Waals surface area contributed by atoms with Gasteiger partial charge in [0.15, 0.2) is 5.82 Å². The van der Waals surface area contributed by atoms with Crippen molar-refractivity contribution in [1.29, 1.82) is 0 Å². The molecule has 0 saturated heterocycles. The fourth-order valence-corrected chi connectivity index (χ4v) is 1.75. The van der Waals surface area contributed by atoms with Crippen molar-refractivity contribution in [2.75, 3.05) is 0 Å². The van der Waals surface area contributed by atoms with Crippen LogP contribution in [0.3, 0.4) is 0 Å². The third-order valence-electron chi connectivity index (χ3n) is 3.02. The Bertz CT molecular complexity index is 513. The lowest BCUT2D eigenvalue weighted by atomic mass is 10.1. The van der Waals surface area contributed by atoms with Gasteiger partial charge in [-0.3, -0.25) is 0 Å². The first-order valence-electron chi connectivity index (χ1n) is 6.12. The van der Waals surface area contributed by atoms with Gasteiger partial charge < -0.3 is 10.3 Å². The van der Waals surface area contributed by atoms with E-state index in [4.69, 9.17) is 5.73 Å². The summed E-state index contributed by atoms with van der Waals surface area (Å²) in [5, 5.41) is 16.3. The molecule has 7 nitrogen and oxygen atoms in total. The summed E-state index contributed by atoms with van der Waals surface area (Å²) >= 11 is 0. The molecule has 1 atom stereocenters. The minimum atomic E-state index is -0.0371. The predicted molar refractivity (Wildman–Crippen MR) is 66.7 cm³/mol. The summed E-state index contributed by atoms with van der Waals surface area (Å²) in [6.07, 6.45) is 3.84. The molecule has 18 heavy (non-hydrogen) atoms. The molecule has 2 heterocycles. The van der Waals surface area contributed by atoms with Crippen LogP contribution >= 0.6 is 0 Å². The second-order valence-electron chi connectivity index (χ2n) is 4.46. The van der Waals surface area contributed by atoms with Crippen molar-refractivity contribution in [3.63, 3.8) is 0 Å². The number of rotatable bonds is 5. The van der Waals surface area contributed by atoms with Crippen LogP contribution in [0, 0.1) is 6.92 Å². The van der Waals surface area contributed by atoms with E-state index in [0.717, 1.165) is 30.2 Å². The number of nitrogens with zero attached hydrogens (tertiary/aromatic N) is 6. The van der Waals surface area contributed by atoms with Crippen molar-refractivity contribution in [3.05, 3.63) is 23.5 Å². The van der Waals surface area contributed by atoms with Crippen LogP contribution < -0.4 is 5.73 Å². The van der Waals surface area contributed by atoms with E-state index in [-0.39, 0.29) is 6.04 Å². The molecule has 0 radical (unpaired) electrons. The second-order valence-corrected chi connectivity index (χ2v) is 4.46. The highest BCUT2D eigenvalue weighted by Gasteiger charge is 2.11. The first-order chi connectivity index (χ1) is 8.61. The standard InChI is InChI=1S/C11H19N7/c1-4-5-9(12)10-6-18(16-14-10)7-11-15-13-8(2)17(11)3/h6,9H,4-5,7,12H2,1-3H3. The highest BCUT2D eigenvalue weighted by molar-refractivity contribution is 5.01. The Morgan fingerprint density at radius 3 is 2.72 bits per heavy atom. The number of hydrogen-bond acceptors (Lipinski definition) is 5. The molecule has 1 unspecified atom stereocenters. The van der Waals surface area contributed by atoms with E-state index in [2.05, 4.69) is 27.4 Å². The van der Waals surface area contributed by atoms with Crippen LogP contribution in [0.5, 0.6) is 0 Å². The maximum absolute atomic E-state index is 6.00. The maximum atomic E-state index is 6.00. The molecule has 0 saturated carbocycles. The van der Waals surface area contributed by atoms with Crippen LogP contribution in [0.15, 0.2) is 6.20 Å². The summed E-state index contributed by atoms with van der Waals surface area (Å²) in [6, 6.07) is -0.0371. The van der Waals surface area contributed by atoms with Crippen molar-refractivity contribution >= 4 is 0 Å². The van der Waals surface area contributed by atoms with E-state index < -0.39 is 0 Å². The second kappa shape index (κ2) is 5.26. The van der Waals surface area contributed by atoms with Crippen LogP contribution in [0.1, 0.15) is 43.1 Å². The molecule has 2 aromatic heterocycles. The normalized spacial score (nSPS) is 12.9. The van der Waals surface area contributed by atoms with Gasteiger partial charge in [-0.2, -0.15) is 0 Å². The molecule has 0 aliphatic heterocycles. The van der Waals surface area contributed by atoms with Crippen LogP contribution in [-0.4, -0.2) is 29.8 Å². The Labute approximate surface area is 106 Å². The van der Waals surface area contributed by atoms with Gasteiger partial charge in [-0.05, 0) is 13.3 Å². The number of aryl methyl sites for hydroxylation is 1. The van der Waals surface area contributed by atoms with E-state index in [1.54, 1.807) is 4.68 Å². The van der Waals surface area contributed by atoms with Crippen LogP contribution in [0.4, 0.5) is 0 Å². The Morgan fingerprint density at radius 1 is 1.33 bits per heavy atom. The highest BCUT2D eigenvalue weighted by atomic mass is 15.4. The summed E-state index contributed by atoms with van der Waals surface area (Å²) in [6.45, 7) is 4.58. The lowest BCUT2D eigenvalue weighted by Gasteiger charge is -2.04. The molecular weight excluding hydrogens is 230 g/mol.